The van der Waals surface area contributed by atoms with Gasteiger partial charge in [0, 0.05) is 44.5 Å². The number of carbonyl (C=O) groups is 1. The Kier molecular flexibility index (Phi) is 6.86. The lowest BCUT2D eigenvalue weighted by Gasteiger charge is -2.34. The zero-order chi connectivity index (χ0) is 22.6. The Balaban J connectivity index is 1.41. The Morgan fingerprint density at radius 2 is 1.72 bits per heavy atom. The number of anilines is 1. The summed E-state index contributed by atoms with van der Waals surface area (Å²) in [5, 5.41) is 3.11. The summed E-state index contributed by atoms with van der Waals surface area (Å²) >= 11 is 5.81. The zero-order valence-electron chi connectivity index (χ0n) is 17.3. The summed E-state index contributed by atoms with van der Waals surface area (Å²) in [5.74, 6) is -0.105. The molecule has 2 aromatic carbocycles. The Morgan fingerprint density at radius 3 is 2.41 bits per heavy atom. The van der Waals surface area contributed by atoms with Gasteiger partial charge in [0.2, 0.25) is 10.0 Å². The third-order valence-electron chi connectivity index (χ3n) is 5.28. The standard InChI is InChI=1S/C23H23ClN4O3S/c24-20-9-10-22(25-16-20)26-23(29)19-7-4-8-21(15-19)32(30,31)28-13-11-27(12-14-28)17-18-5-2-1-3-6-18/h1-10,15-16H,11-14,17H2,(H,25,26,29). The summed E-state index contributed by atoms with van der Waals surface area (Å²) in [7, 11) is -3.70. The zero-order valence-corrected chi connectivity index (χ0v) is 18.9. The molecule has 0 radical (unpaired) electrons. The third-order valence-corrected chi connectivity index (χ3v) is 7.40. The highest BCUT2D eigenvalue weighted by molar-refractivity contribution is 7.89. The van der Waals surface area contributed by atoms with Gasteiger partial charge in [-0.05, 0) is 35.9 Å². The third kappa shape index (κ3) is 5.34. The number of nitrogens with one attached hydrogen (secondary N) is 1. The maximum atomic E-state index is 13.2. The summed E-state index contributed by atoms with van der Waals surface area (Å²) in [6, 6.07) is 19.4. The van der Waals surface area contributed by atoms with Crippen molar-refractivity contribution in [1.82, 2.24) is 14.2 Å². The SMILES string of the molecule is O=C(Nc1ccc(Cl)cn1)c1cccc(S(=O)(=O)N2CCN(Cc3ccccc3)CC2)c1. The van der Waals surface area contributed by atoms with Gasteiger partial charge in [0.05, 0.1) is 9.92 Å². The molecule has 0 bridgehead atoms. The number of benzene rings is 2. The fourth-order valence-corrected chi connectivity index (χ4v) is 5.14. The molecule has 0 aliphatic carbocycles. The molecule has 0 atom stereocenters. The van der Waals surface area contributed by atoms with E-state index in [1.165, 1.54) is 28.2 Å². The molecule has 1 N–H and O–H groups in total. The molecule has 1 aliphatic heterocycles. The summed E-state index contributed by atoms with van der Waals surface area (Å²) < 4.78 is 27.8. The number of piperazine rings is 1. The van der Waals surface area contributed by atoms with E-state index >= 15 is 0 Å². The molecule has 0 unspecified atom stereocenters. The molecule has 32 heavy (non-hydrogen) atoms. The van der Waals surface area contributed by atoms with E-state index in [0.29, 0.717) is 37.0 Å². The molecule has 3 aromatic rings. The number of hydrogen-bond donors (Lipinski definition) is 1. The topological polar surface area (TPSA) is 82.6 Å². The molecular formula is C23H23ClN4O3S. The van der Waals surface area contributed by atoms with Gasteiger partial charge < -0.3 is 5.32 Å². The van der Waals surface area contributed by atoms with Gasteiger partial charge in [-0.3, -0.25) is 9.69 Å². The second-order valence-electron chi connectivity index (χ2n) is 7.51. The van der Waals surface area contributed by atoms with Gasteiger partial charge >= 0.3 is 0 Å². The van der Waals surface area contributed by atoms with E-state index < -0.39 is 15.9 Å². The molecule has 166 valence electrons. The van der Waals surface area contributed by atoms with E-state index in [2.05, 4.69) is 27.3 Å². The number of sulfonamides is 1. The van der Waals surface area contributed by atoms with Gasteiger partial charge in [-0.25, -0.2) is 13.4 Å². The molecule has 9 heteroatoms. The molecule has 1 saturated heterocycles. The van der Waals surface area contributed by atoms with Crippen LogP contribution >= 0.6 is 11.6 Å². The summed E-state index contributed by atoms with van der Waals surface area (Å²) in [4.78, 5) is 18.9. The van der Waals surface area contributed by atoms with Gasteiger partial charge in [0.1, 0.15) is 5.82 Å². The van der Waals surface area contributed by atoms with Gasteiger partial charge in [0.15, 0.2) is 0 Å². The monoisotopic (exact) mass is 470 g/mol. The van der Waals surface area contributed by atoms with E-state index in [1.54, 1.807) is 24.3 Å². The smallest absolute Gasteiger partial charge is 0.256 e. The van der Waals surface area contributed by atoms with Crippen LogP contribution in [0.5, 0.6) is 0 Å². The molecule has 1 amide bonds. The number of pyridine rings is 1. The lowest BCUT2D eigenvalue weighted by molar-refractivity contribution is 0.102. The Labute approximate surface area is 192 Å². The van der Waals surface area contributed by atoms with Crippen LogP contribution in [0.2, 0.25) is 5.02 Å². The average molecular weight is 471 g/mol. The minimum absolute atomic E-state index is 0.103. The van der Waals surface area contributed by atoms with Crippen LogP contribution in [-0.2, 0) is 16.6 Å². The highest BCUT2D eigenvalue weighted by Gasteiger charge is 2.29. The molecule has 1 aromatic heterocycles. The summed E-state index contributed by atoms with van der Waals surface area (Å²) in [5.41, 5.74) is 1.45. The number of amides is 1. The Morgan fingerprint density at radius 1 is 0.969 bits per heavy atom. The van der Waals surface area contributed by atoms with Crippen molar-refractivity contribution in [2.75, 3.05) is 31.5 Å². The van der Waals surface area contributed by atoms with Crippen LogP contribution < -0.4 is 5.32 Å². The van der Waals surface area contributed by atoms with Crippen molar-refractivity contribution in [2.45, 2.75) is 11.4 Å². The minimum atomic E-state index is -3.70. The Hall–Kier alpha value is -2.78. The van der Waals surface area contributed by atoms with Crippen LogP contribution in [0.3, 0.4) is 0 Å². The van der Waals surface area contributed by atoms with Crippen molar-refractivity contribution in [1.29, 1.82) is 0 Å². The van der Waals surface area contributed by atoms with E-state index in [0.717, 1.165) is 6.54 Å². The van der Waals surface area contributed by atoms with Crippen LogP contribution in [-0.4, -0.2) is 54.7 Å². The predicted octanol–water partition coefficient (Wildman–Crippen LogP) is 3.49. The fourth-order valence-electron chi connectivity index (χ4n) is 3.55. The first-order valence-corrected chi connectivity index (χ1v) is 12.0. The number of nitrogens with zero attached hydrogens (tertiary/aromatic N) is 3. The predicted molar refractivity (Wildman–Crippen MR) is 124 cm³/mol. The van der Waals surface area contributed by atoms with Crippen molar-refractivity contribution in [3.63, 3.8) is 0 Å². The lowest BCUT2D eigenvalue weighted by Crippen LogP contribution is -2.48. The molecular weight excluding hydrogens is 448 g/mol. The summed E-state index contributed by atoms with van der Waals surface area (Å²) in [6.07, 6.45) is 1.43. The van der Waals surface area contributed by atoms with Crippen LogP contribution in [0.15, 0.2) is 77.8 Å². The minimum Gasteiger partial charge on any atom is -0.307 e. The first-order chi connectivity index (χ1) is 15.4. The average Bonchev–Trinajstić information content (AvgIpc) is 2.82. The number of rotatable bonds is 6. The molecule has 1 aliphatic rings. The van der Waals surface area contributed by atoms with Crippen LogP contribution in [0.1, 0.15) is 15.9 Å². The van der Waals surface area contributed by atoms with E-state index in [1.807, 2.05) is 18.2 Å². The van der Waals surface area contributed by atoms with Crippen molar-refractivity contribution >= 4 is 33.3 Å². The Bertz CT molecular complexity index is 1180. The molecule has 4 rings (SSSR count). The van der Waals surface area contributed by atoms with E-state index in [-0.39, 0.29) is 10.5 Å². The second kappa shape index (κ2) is 9.79. The molecule has 1 fully saturated rings. The summed E-state index contributed by atoms with van der Waals surface area (Å²) in [6.45, 7) is 2.90. The van der Waals surface area contributed by atoms with Gasteiger partial charge in [-0.1, -0.05) is 48.0 Å². The van der Waals surface area contributed by atoms with Gasteiger partial charge in [-0.15, -0.1) is 0 Å². The quantitative estimate of drug-likeness (QED) is 0.596. The van der Waals surface area contributed by atoms with Crippen molar-refractivity contribution < 1.29 is 13.2 Å². The maximum Gasteiger partial charge on any atom is 0.256 e. The molecule has 7 nitrogen and oxygen atoms in total. The first-order valence-electron chi connectivity index (χ1n) is 10.2. The van der Waals surface area contributed by atoms with Crippen molar-refractivity contribution in [3.8, 4) is 0 Å². The molecule has 0 saturated carbocycles. The highest BCUT2D eigenvalue weighted by Crippen LogP contribution is 2.20. The largest absolute Gasteiger partial charge is 0.307 e. The molecule has 2 heterocycles. The number of carbonyl (C=O) groups excluding carboxylic acids is 1. The van der Waals surface area contributed by atoms with Crippen molar-refractivity contribution in [3.05, 3.63) is 89.1 Å². The van der Waals surface area contributed by atoms with Crippen LogP contribution in [0, 0.1) is 0 Å². The van der Waals surface area contributed by atoms with Crippen LogP contribution in [0.25, 0.3) is 0 Å². The van der Waals surface area contributed by atoms with Gasteiger partial charge in [-0.2, -0.15) is 4.31 Å². The number of halogens is 1. The van der Waals surface area contributed by atoms with E-state index in [4.69, 9.17) is 11.6 Å². The maximum absolute atomic E-state index is 13.2. The number of aromatic nitrogens is 1. The van der Waals surface area contributed by atoms with Crippen molar-refractivity contribution in [2.24, 2.45) is 0 Å². The van der Waals surface area contributed by atoms with E-state index in [9.17, 15) is 13.2 Å². The normalized spacial score (nSPS) is 15.4. The first kappa shape index (κ1) is 22.4. The highest BCUT2D eigenvalue weighted by atomic mass is 35.5. The molecule has 0 spiro atoms. The van der Waals surface area contributed by atoms with Gasteiger partial charge in [0.25, 0.3) is 5.91 Å². The number of hydrogen-bond acceptors (Lipinski definition) is 5. The second-order valence-corrected chi connectivity index (χ2v) is 9.88. The van der Waals surface area contributed by atoms with Crippen LogP contribution in [0.4, 0.5) is 5.82 Å². The fraction of sp³-hybridized carbons (Fsp3) is 0.217. The lowest BCUT2D eigenvalue weighted by atomic mass is 10.2.